The molecule has 1 aromatic carbocycles. The van der Waals surface area contributed by atoms with E-state index in [1.54, 1.807) is 29.7 Å². The molecule has 38 heavy (non-hydrogen) atoms. The van der Waals surface area contributed by atoms with Crippen LogP contribution in [0.5, 0.6) is 5.75 Å². The first kappa shape index (κ1) is 28.2. The second kappa shape index (κ2) is 9.74. The van der Waals surface area contributed by atoms with E-state index in [1.165, 1.54) is 0 Å². The topological polar surface area (TPSA) is 105 Å². The minimum atomic E-state index is -1.01. The number of piperidine rings is 1. The van der Waals surface area contributed by atoms with Gasteiger partial charge in [0.1, 0.15) is 11.4 Å². The van der Waals surface area contributed by atoms with Gasteiger partial charge in [-0.3, -0.25) is 9.59 Å². The maximum atomic E-state index is 14.1. The van der Waals surface area contributed by atoms with Crippen molar-refractivity contribution in [1.29, 1.82) is 0 Å². The van der Waals surface area contributed by atoms with Gasteiger partial charge in [-0.25, -0.2) is 4.79 Å². The summed E-state index contributed by atoms with van der Waals surface area (Å²) in [6, 6.07) is 3.64. The number of hydrogen-bond donors (Lipinski definition) is 1. The van der Waals surface area contributed by atoms with E-state index in [9.17, 15) is 14.4 Å². The Kier molecular flexibility index (Phi) is 7.23. The third kappa shape index (κ3) is 5.22. The van der Waals surface area contributed by atoms with Crippen LogP contribution in [0.25, 0.3) is 0 Å². The summed E-state index contributed by atoms with van der Waals surface area (Å²) in [5, 5.41) is 0. The average molecular weight is 529 g/mol. The predicted octanol–water partition coefficient (Wildman–Crippen LogP) is 4.10. The molecule has 0 bridgehead atoms. The van der Waals surface area contributed by atoms with E-state index in [0.717, 1.165) is 24.8 Å². The van der Waals surface area contributed by atoms with Gasteiger partial charge in [0, 0.05) is 49.2 Å². The zero-order chi connectivity index (χ0) is 28.2. The van der Waals surface area contributed by atoms with Gasteiger partial charge in [0.15, 0.2) is 5.60 Å². The fourth-order valence-electron chi connectivity index (χ4n) is 5.97. The van der Waals surface area contributed by atoms with Gasteiger partial charge in [-0.1, -0.05) is 0 Å². The van der Waals surface area contributed by atoms with Crippen molar-refractivity contribution in [2.45, 2.75) is 97.9 Å². The van der Waals surface area contributed by atoms with Crippen LogP contribution in [0.4, 0.5) is 10.5 Å². The van der Waals surface area contributed by atoms with Gasteiger partial charge in [-0.15, -0.1) is 0 Å². The van der Waals surface area contributed by atoms with Crippen LogP contribution in [0.1, 0.15) is 83.7 Å². The zero-order valence-electron chi connectivity index (χ0n) is 24.2. The normalized spacial score (nSPS) is 24.3. The van der Waals surface area contributed by atoms with E-state index in [4.69, 9.17) is 15.2 Å². The lowest BCUT2D eigenvalue weighted by molar-refractivity contribution is -0.132. The summed E-state index contributed by atoms with van der Waals surface area (Å²) in [7, 11) is 0. The Morgan fingerprint density at radius 3 is 2.55 bits per heavy atom. The molecule has 0 radical (unpaired) electrons. The summed E-state index contributed by atoms with van der Waals surface area (Å²) in [4.78, 5) is 45.4. The molecule has 0 aromatic heterocycles. The molecule has 4 rings (SSSR count). The van der Waals surface area contributed by atoms with Gasteiger partial charge in [-0.05, 0) is 92.3 Å². The van der Waals surface area contributed by atoms with Crippen molar-refractivity contribution in [2.24, 2.45) is 11.1 Å². The lowest BCUT2D eigenvalue weighted by Crippen LogP contribution is -2.53. The van der Waals surface area contributed by atoms with Crippen molar-refractivity contribution < 1.29 is 23.9 Å². The highest BCUT2D eigenvalue weighted by Gasteiger charge is 2.60. The van der Waals surface area contributed by atoms with Crippen molar-refractivity contribution >= 4 is 23.6 Å². The summed E-state index contributed by atoms with van der Waals surface area (Å²) < 4.78 is 11.7. The number of anilines is 1. The number of carbonyl (C=O) groups is 3. The molecule has 2 N–H and O–H groups in total. The Balaban J connectivity index is 1.61. The highest BCUT2D eigenvalue weighted by Crippen LogP contribution is 2.56. The van der Waals surface area contributed by atoms with Gasteiger partial charge < -0.3 is 29.9 Å². The SMILES string of the molecule is Cc1cc2c(cc1C(=O)N(C(C)C)[C@H]1CC13CCCN(C(=O)OC(C)(C)C)C3)N(CCN)C(=O)C(C)(C)O2. The summed E-state index contributed by atoms with van der Waals surface area (Å²) >= 11 is 0. The number of nitrogens with two attached hydrogens (primary N) is 1. The van der Waals surface area contributed by atoms with Gasteiger partial charge in [-0.2, -0.15) is 0 Å². The lowest BCUT2D eigenvalue weighted by Gasteiger charge is -2.39. The van der Waals surface area contributed by atoms with Crippen molar-refractivity contribution in [2.75, 3.05) is 31.1 Å². The summed E-state index contributed by atoms with van der Waals surface area (Å²) in [5.74, 6) is 0.335. The standard InChI is InChI=1S/C29H44N4O5/c1-18(2)33(23-16-29(23)10-9-12-31(17-29)26(36)38-27(4,5)6)24(34)20-15-21-22(14-19(20)3)37-28(7,8)25(35)32(21)13-11-30/h14-15,18,23H,9-13,16-17,30H2,1-8H3/t23-,29?/m0/s1. The third-order valence-corrected chi connectivity index (χ3v) is 7.84. The quantitative estimate of drug-likeness (QED) is 0.617. The number of aryl methyl sites for hydroxylation is 1. The van der Waals surface area contributed by atoms with Crippen LogP contribution < -0.4 is 15.4 Å². The second-order valence-electron chi connectivity index (χ2n) is 12.9. The van der Waals surface area contributed by atoms with E-state index in [2.05, 4.69) is 0 Å². The number of ether oxygens (including phenoxy) is 2. The molecular formula is C29H44N4O5. The number of benzene rings is 1. The van der Waals surface area contributed by atoms with Crippen molar-refractivity contribution in [3.63, 3.8) is 0 Å². The highest BCUT2D eigenvalue weighted by molar-refractivity contribution is 6.05. The molecule has 2 fully saturated rings. The fourth-order valence-corrected chi connectivity index (χ4v) is 5.97. The van der Waals surface area contributed by atoms with E-state index in [1.807, 2.05) is 52.5 Å². The molecule has 1 aromatic rings. The molecule has 9 nitrogen and oxygen atoms in total. The van der Waals surface area contributed by atoms with E-state index >= 15 is 0 Å². The molecule has 1 saturated heterocycles. The van der Waals surface area contributed by atoms with Gasteiger partial charge in [0.2, 0.25) is 0 Å². The smallest absolute Gasteiger partial charge is 0.410 e. The fraction of sp³-hybridized carbons (Fsp3) is 0.690. The number of fused-ring (bicyclic) bond motifs is 1. The molecule has 1 spiro atoms. The number of carbonyl (C=O) groups excluding carboxylic acids is 3. The Hall–Kier alpha value is -2.81. The molecule has 210 valence electrons. The summed E-state index contributed by atoms with van der Waals surface area (Å²) in [6.07, 6.45) is 2.42. The first-order chi connectivity index (χ1) is 17.6. The minimum absolute atomic E-state index is 0.0313. The van der Waals surface area contributed by atoms with Crippen molar-refractivity contribution in [3.8, 4) is 5.75 Å². The molecule has 1 aliphatic carbocycles. The maximum Gasteiger partial charge on any atom is 0.410 e. The first-order valence-electron chi connectivity index (χ1n) is 13.8. The largest absolute Gasteiger partial charge is 0.476 e. The van der Waals surface area contributed by atoms with E-state index in [-0.39, 0.29) is 35.4 Å². The van der Waals surface area contributed by atoms with Crippen LogP contribution in [0, 0.1) is 12.3 Å². The first-order valence-corrected chi connectivity index (χ1v) is 13.8. The molecule has 1 unspecified atom stereocenters. The highest BCUT2D eigenvalue weighted by atomic mass is 16.6. The molecule has 2 atom stereocenters. The summed E-state index contributed by atoms with van der Waals surface area (Å²) in [5.41, 5.74) is 6.08. The number of hydrogen-bond acceptors (Lipinski definition) is 6. The number of nitrogens with zero attached hydrogens (tertiary/aromatic N) is 3. The minimum Gasteiger partial charge on any atom is -0.476 e. The second-order valence-corrected chi connectivity index (χ2v) is 12.9. The van der Waals surface area contributed by atoms with Crippen LogP contribution in [-0.4, -0.2) is 77.2 Å². The Bertz CT molecular complexity index is 1120. The molecule has 2 aliphatic heterocycles. The van der Waals surface area contributed by atoms with Gasteiger partial charge in [0.25, 0.3) is 11.8 Å². The van der Waals surface area contributed by atoms with Crippen LogP contribution in [0.15, 0.2) is 12.1 Å². The monoisotopic (exact) mass is 528 g/mol. The number of amides is 3. The molecule has 1 saturated carbocycles. The van der Waals surface area contributed by atoms with Gasteiger partial charge >= 0.3 is 6.09 Å². The Morgan fingerprint density at radius 2 is 1.95 bits per heavy atom. The van der Waals surface area contributed by atoms with Crippen molar-refractivity contribution in [3.05, 3.63) is 23.3 Å². The zero-order valence-corrected chi connectivity index (χ0v) is 24.2. The predicted molar refractivity (Wildman–Crippen MR) is 146 cm³/mol. The third-order valence-electron chi connectivity index (χ3n) is 7.84. The van der Waals surface area contributed by atoms with Crippen LogP contribution in [0.2, 0.25) is 0 Å². The Labute approximate surface area is 226 Å². The van der Waals surface area contributed by atoms with Crippen LogP contribution in [0.3, 0.4) is 0 Å². The van der Waals surface area contributed by atoms with Crippen LogP contribution >= 0.6 is 0 Å². The summed E-state index contributed by atoms with van der Waals surface area (Å²) in [6.45, 7) is 17.0. The van der Waals surface area contributed by atoms with E-state index < -0.39 is 11.2 Å². The molecule has 3 amide bonds. The lowest BCUT2D eigenvalue weighted by atomic mass is 9.93. The van der Waals surface area contributed by atoms with Crippen molar-refractivity contribution in [1.82, 2.24) is 9.80 Å². The average Bonchev–Trinajstić information content (AvgIpc) is 3.46. The maximum absolute atomic E-state index is 14.1. The Morgan fingerprint density at radius 1 is 1.26 bits per heavy atom. The molecule has 3 aliphatic rings. The van der Waals surface area contributed by atoms with Crippen LogP contribution in [-0.2, 0) is 9.53 Å². The number of rotatable bonds is 5. The molecule has 2 heterocycles. The number of likely N-dealkylation sites (tertiary alicyclic amines) is 1. The van der Waals surface area contributed by atoms with Gasteiger partial charge in [0.05, 0.1) is 5.69 Å². The van der Waals surface area contributed by atoms with E-state index in [0.29, 0.717) is 43.2 Å². The molecular weight excluding hydrogens is 484 g/mol. The molecule has 9 heteroatoms.